The van der Waals surface area contributed by atoms with E-state index in [0.29, 0.717) is 0 Å². The Kier molecular flexibility index (Phi) is 35.7. The molecule has 8 amide bonds. The van der Waals surface area contributed by atoms with Crippen molar-refractivity contribution >= 4 is 54.9 Å². The normalized spacial score (nSPS) is 30.3. The van der Waals surface area contributed by atoms with Gasteiger partial charge in [-0.3, -0.25) is 42.9 Å². The van der Waals surface area contributed by atoms with Gasteiger partial charge in [0.05, 0.1) is 85.4 Å². The van der Waals surface area contributed by atoms with Crippen molar-refractivity contribution in [2.75, 3.05) is 106 Å². The molecule has 18 atom stereocenters. The van der Waals surface area contributed by atoms with Crippen molar-refractivity contribution in [1.82, 2.24) is 42.5 Å². The van der Waals surface area contributed by atoms with Gasteiger partial charge in [0.15, 0.2) is 18.9 Å². The van der Waals surface area contributed by atoms with Gasteiger partial charge in [-0.25, -0.2) is 0 Å². The van der Waals surface area contributed by atoms with Crippen molar-refractivity contribution in [3.05, 3.63) is 0 Å². The molecule has 1 aliphatic carbocycles. The highest BCUT2D eigenvalue weighted by molar-refractivity contribution is 7.51. The molecule has 18 N–H and O–H groups in total. The maximum Gasteiger partial charge on any atom is 0.325 e. The Morgan fingerprint density at radius 3 is 1.17 bits per heavy atom. The van der Waals surface area contributed by atoms with Crippen LogP contribution in [0.25, 0.3) is 0 Å². The molecular weight excluding hydrogens is 1260 g/mol. The summed E-state index contributed by atoms with van der Waals surface area (Å²) in [4.78, 5) is 113. The summed E-state index contributed by atoms with van der Waals surface area (Å²) in [5.41, 5.74) is 0. The summed E-state index contributed by atoms with van der Waals surface area (Å²) < 4.78 is 67.3. The second-order valence-corrected chi connectivity index (χ2v) is 24.1. The molecule has 3 saturated heterocycles. The number of aliphatic hydroxyl groups is 9. The van der Waals surface area contributed by atoms with Crippen LogP contribution in [0, 0.1) is 5.92 Å². The van der Waals surface area contributed by atoms with Crippen LogP contribution in [0.3, 0.4) is 0 Å². The Morgan fingerprint density at radius 2 is 0.826 bits per heavy atom. The van der Waals surface area contributed by atoms with Gasteiger partial charge in [0.2, 0.25) is 47.3 Å². The van der Waals surface area contributed by atoms with Crippen LogP contribution >= 0.6 is 7.60 Å². The number of carbonyl (C=O) groups excluding carboxylic acids is 8. The highest BCUT2D eigenvalue weighted by Crippen LogP contribution is 2.42. The third kappa shape index (κ3) is 27.5. The maximum absolute atomic E-state index is 13.8. The molecule has 0 aromatic heterocycles. The van der Waals surface area contributed by atoms with Crippen LogP contribution in [0.15, 0.2) is 0 Å². The van der Waals surface area contributed by atoms with Gasteiger partial charge in [-0.15, -0.1) is 0 Å². The van der Waals surface area contributed by atoms with E-state index in [4.69, 9.17) is 47.2 Å². The van der Waals surface area contributed by atoms with E-state index in [1.807, 2.05) is 0 Å². The third-order valence-corrected chi connectivity index (χ3v) is 15.6. The quantitative estimate of drug-likeness (QED) is 0.0200. The van der Waals surface area contributed by atoms with Crippen molar-refractivity contribution in [2.45, 2.75) is 182 Å². The van der Waals surface area contributed by atoms with E-state index in [9.17, 15) is 93.8 Å². The number of amides is 8. The number of aliphatic hydroxyl groups excluding tert-OH is 9. The fraction of sp³-hybridized carbons (Fsp3) is 0.852. The molecule has 38 heteroatoms. The highest BCUT2D eigenvalue weighted by atomic mass is 31.2. The lowest BCUT2D eigenvalue weighted by molar-refractivity contribution is -0.272. The second-order valence-electron chi connectivity index (χ2n) is 22.3. The molecule has 0 bridgehead atoms. The lowest BCUT2D eigenvalue weighted by Gasteiger charge is -2.42. The van der Waals surface area contributed by atoms with Gasteiger partial charge in [0, 0.05) is 65.8 Å². The van der Waals surface area contributed by atoms with E-state index < -0.39 is 197 Å². The lowest BCUT2D eigenvalue weighted by Crippen LogP contribution is -2.64. The van der Waals surface area contributed by atoms with Gasteiger partial charge in [-0.05, 0) is 38.5 Å². The SMILES string of the molecule is CC(=O)NC1C(OCCOCCNC(=O)CCC(NC(=O)CCC(NC(=O)[C@H]2CC[C@@H](OP(C)(=O)O)CC2)C(=O)NCCOCCOC2OC(CO)C(O)C(O)C2NC(C)=O)C(=O)NCCOCCOC2OC(CO)C(O)C(O)C2NC(C)=O)OC(CO)C(O)C1O. The van der Waals surface area contributed by atoms with E-state index >= 15 is 0 Å². The minimum Gasteiger partial charge on any atom is -0.394 e. The first-order valence-corrected chi connectivity index (χ1v) is 32.4. The summed E-state index contributed by atoms with van der Waals surface area (Å²) in [5.74, 6) is -5.65. The molecule has 3 heterocycles. The Hall–Kier alpha value is -4.81. The smallest absolute Gasteiger partial charge is 0.325 e. The molecule has 4 rings (SSSR count). The molecule has 0 spiro atoms. The van der Waals surface area contributed by atoms with E-state index in [1.54, 1.807) is 0 Å². The van der Waals surface area contributed by atoms with Crippen molar-refractivity contribution in [3.63, 3.8) is 0 Å². The number of hydrogen-bond acceptors (Lipinski definition) is 28. The van der Waals surface area contributed by atoms with E-state index in [0.717, 1.165) is 6.66 Å². The first-order valence-electron chi connectivity index (χ1n) is 30.3. The minimum absolute atomic E-state index is 0.0310. The zero-order chi connectivity index (χ0) is 68.1. The van der Waals surface area contributed by atoms with Crippen molar-refractivity contribution in [1.29, 1.82) is 0 Å². The van der Waals surface area contributed by atoms with Crippen molar-refractivity contribution in [2.24, 2.45) is 5.92 Å². The van der Waals surface area contributed by atoms with Gasteiger partial charge >= 0.3 is 7.60 Å². The monoisotopic (exact) mass is 1350 g/mol. The minimum atomic E-state index is -3.82. The Balaban J connectivity index is 1.35. The molecule has 530 valence electrons. The Morgan fingerprint density at radius 1 is 0.478 bits per heavy atom. The number of hydrogen-bond donors (Lipinski definition) is 18. The molecule has 0 aromatic carbocycles. The summed E-state index contributed by atoms with van der Waals surface area (Å²) in [6.45, 7) is 1.29. The maximum atomic E-state index is 13.8. The van der Waals surface area contributed by atoms with Crippen LogP contribution in [-0.4, -0.2) is 314 Å². The number of rotatable bonds is 40. The van der Waals surface area contributed by atoms with Crippen molar-refractivity contribution < 1.29 is 141 Å². The van der Waals surface area contributed by atoms with Gasteiger partial charge in [-0.1, -0.05) is 0 Å². The van der Waals surface area contributed by atoms with E-state index in [-0.39, 0.29) is 124 Å². The average molecular weight is 1350 g/mol. The van der Waals surface area contributed by atoms with Gasteiger partial charge in [0.25, 0.3) is 0 Å². The first-order chi connectivity index (χ1) is 43.7. The second kappa shape index (κ2) is 41.2. The van der Waals surface area contributed by atoms with Crippen LogP contribution in [0.5, 0.6) is 0 Å². The van der Waals surface area contributed by atoms with Crippen LogP contribution < -0.4 is 42.5 Å². The predicted molar refractivity (Wildman–Crippen MR) is 310 cm³/mol. The molecule has 18 unspecified atom stereocenters. The largest absolute Gasteiger partial charge is 0.394 e. The number of nitrogens with one attached hydrogen (secondary N) is 8. The Labute approximate surface area is 530 Å². The molecule has 3 aliphatic heterocycles. The molecular formula is C54H95N8O29P. The molecule has 92 heavy (non-hydrogen) atoms. The van der Waals surface area contributed by atoms with Gasteiger partial charge in [0.1, 0.15) is 85.1 Å². The van der Waals surface area contributed by atoms with E-state index in [1.165, 1.54) is 20.8 Å². The molecule has 1 saturated carbocycles. The zero-order valence-corrected chi connectivity index (χ0v) is 52.8. The molecule has 4 fully saturated rings. The standard InChI is InChI=1S/C54H95N8O29P/c1-28(66)58-40-46(74)43(71)35(25-63)88-52(40)85-22-19-82-16-13-55-38(69)11-9-33(50(78)56-14-17-83-20-23-86-53-41(59-29(2)67)47(75)44(72)36(26-64)89-53)61-39(70)12-10-34(62-49(77)31-5-7-32(8-6-31)91-92(4,80)81)51(79)57-15-18-84-21-24-87-54-42(60-30(3)68)48(76)45(73)37(27-65)90-54/h31-37,40-48,52-54,63-65,71-76H,5-27H2,1-4H3,(H,55,69)(H,56,78)(H,57,79)(H,58,66)(H,59,67)(H,60,68)(H,61,70)(H,62,77)(H,80,81)/t31-,32+,33?,34?,35?,36?,37?,40?,41?,42?,43?,44?,45?,46?,47?,48?,52?,53?,54?. The summed E-state index contributed by atoms with van der Waals surface area (Å²) in [6.07, 6.45) is -17.5. The fourth-order valence-corrected chi connectivity index (χ4v) is 11.0. The fourth-order valence-electron chi connectivity index (χ4n) is 10.3. The van der Waals surface area contributed by atoms with Crippen LogP contribution in [0.2, 0.25) is 0 Å². The summed E-state index contributed by atoms with van der Waals surface area (Å²) in [7, 11) is -3.82. The lowest BCUT2D eigenvalue weighted by atomic mass is 9.86. The summed E-state index contributed by atoms with van der Waals surface area (Å²) in [6, 6.07) is -6.26. The predicted octanol–water partition coefficient (Wildman–Crippen LogP) is -8.81. The molecule has 0 aromatic rings. The average Bonchev–Trinajstić information content (AvgIpc) is 0.846. The number of carbonyl (C=O) groups is 8. The zero-order valence-electron chi connectivity index (χ0n) is 51.9. The van der Waals surface area contributed by atoms with Gasteiger partial charge in [-0.2, -0.15) is 0 Å². The van der Waals surface area contributed by atoms with Crippen LogP contribution in [0.1, 0.15) is 72.1 Å². The summed E-state index contributed by atoms with van der Waals surface area (Å²) >= 11 is 0. The van der Waals surface area contributed by atoms with Crippen molar-refractivity contribution in [3.8, 4) is 0 Å². The first kappa shape index (κ1) is 79.6. The molecule has 0 radical (unpaired) electrons. The topological polar surface area (TPSA) is 544 Å². The van der Waals surface area contributed by atoms with Crippen LogP contribution in [-0.2, 0) is 90.1 Å². The Bertz CT molecular complexity index is 2350. The molecule has 37 nitrogen and oxygen atoms in total. The third-order valence-electron chi connectivity index (χ3n) is 14.9. The van der Waals surface area contributed by atoms with Gasteiger partial charge < -0.3 is 141 Å². The molecule has 4 aliphatic rings. The summed E-state index contributed by atoms with van der Waals surface area (Å²) in [5, 5.41) is 112. The van der Waals surface area contributed by atoms with E-state index in [2.05, 4.69) is 42.5 Å². The highest BCUT2D eigenvalue weighted by Gasteiger charge is 2.48. The number of ether oxygens (including phenoxy) is 9. The van der Waals surface area contributed by atoms with Crippen LogP contribution in [0.4, 0.5) is 0 Å².